The highest BCUT2D eigenvalue weighted by molar-refractivity contribution is 6.30. The number of carboxylic acid groups (broad SMARTS) is 1. The molecule has 0 unspecified atom stereocenters. The Morgan fingerprint density at radius 1 is 1.24 bits per heavy atom. The molecule has 0 bridgehead atoms. The Morgan fingerprint density at radius 3 is 2.52 bits per heavy atom. The van der Waals surface area contributed by atoms with Gasteiger partial charge < -0.3 is 20.1 Å². The van der Waals surface area contributed by atoms with Crippen LogP contribution in [-0.2, 0) is 0 Å². The van der Waals surface area contributed by atoms with E-state index in [1.165, 1.54) is 31.4 Å². The number of carbonyl (C=O) groups excluding carboxylic acids is 1. The van der Waals surface area contributed by atoms with Gasteiger partial charge in [0.25, 0.3) is 11.5 Å². The number of nitrogens with zero attached hydrogens (tertiary/aromatic N) is 1. The van der Waals surface area contributed by atoms with Crippen molar-refractivity contribution in [2.24, 2.45) is 0 Å². The van der Waals surface area contributed by atoms with E-state index in [2.05, 4.69) is 0 Å². The van der Waals surface area contributed by atoms with Gasteiger partial charge in [0.05, 0.1) is 7.11 Å². The van der Waals surface area contributed by atoms with Crippen LogP contribution in [0.15, 0.2) is 35.1 Å². The first-order valence-corrected chi connectivity index (χ1v) is 7.11. The molecule has 8 nitrogen and oxygen atoms in total. The van der Waals surface area contributed by atoms with Gasteiger partial charge >= 0.3 is 5.97 Å². The van der Waals surface area contributed by atoms with E-state index < -0.39 is 34.1 Å². The number of rotatable bonds is 4. The molecular formula is C16H12ClNO7. The predicted octanol–water partition coefficient (Wildman–Crippen LogP) is 1.97. The standard InChI is InChI=1S/C16H12ClNO7/c1-25-12-4-2-8(6-9(12)16(23)24)3-5-13(20)18-14(21)10(17)7-11(19)15(18)22/h2-7,19,22H,1H3,(H,23,24). The fourth-order valence-corrected chi connectivity index (χ4v) is 2.19. The van der Waals surface area contributed by atoms with Crippen LogP contribution in [0.3, 0.4) is 0 Å². The number of benzene rings is 1. The molecule has 0 radical (unpaired) electrons. The van der Waals surface area contributed by atoms with Gasteiger partial charge in [0, 0.05) is 12.1 Å². The van der Waals surface area contributed by atoms with Crippen LogP contribution in [0.2, 0.25) is 5.02 Å². The molecule has 0 fully saturated rings. The number of hydrogen-bond donors (Lipinski definition) is 3. The number of methoxy groups -OCH3 is 1. The van der Waals surface area contributed by atoms with E-state index in [0.717, 1.165) is 12.1 Å². The highest BCUT2D eigenvalue weighted by atomic mass is 35.5. The minimum atomic E-state index is -1.22. The number of aromatic carboxylic acids is 1. The van der Waals surface area contributed by atoms with E-state index in [1.807, 2.05) is 0 Å². The van der Waals surface area contributed by atoms with Crippen molar-refractivity contribution < 1.29 is 29.6 Å². The van der Waals surface area contributed by atoms with E-state index in [-0.39, 0.29) is 15.9 Å². The van der Waals surface area contributed by atoms with E-state index in [1.54, 1.807) is 0 Å². The molecule has 130 valence electrons. The molecule has 0 aliphatic rings. The van der Waals surface area contributed by atoms with Gasteiger partial charge in [-0.05, 0) is 23.8 Å². The average molecular weight is 366 g/mol. The Morgan fingerprint density at radius 2 is 1.92 bits per heavy atom. The zero-order chi connectivity index (χ0) is 18.7. The molecule has 2 aromatic rings. The first kappa shape index (κ1) is 18.1. The number of pyridine rings is 1. The second-order valence-electron chi connectivity index (χ2n) is 4.78. The Hall–Kier alpha value is -3.26. The highest BCUT2D eigenvalue weighted by Crippen LogP contribution is 2.25. The molecule has 1 heterocycles. The number of carboxylic acids is 1. The minimum Gasteiger partial charge on any atom is -0.503 e. The second kappa shape index (κ2) is 7.10. The van der Waals surface area contributed by atoms with Gasteiger partial charge in [-0.25, -0.2) is 9.36 Å². The van der Waals surface area contributed by atoms with Crippen LogP contribution in [-0.4, -0.2) is 38.9 Å². The number of ether oxygens (including phenoxy) is 1. The lowest BCUT2D eigenvalue weighted by atomic mass is 10.1. The topological polar surface area (TPSA) is 126 Å². The van der Waals surface area contributed by atoms with Crippen LogP contribution in [0.4, 0.5) is 0 Å². The van der Waals surface area contributed by atoms with E-state index in [9.17, 15) is 24.6 Å². The first-order valence-electron chi connectivity index (χ1n) is 6.73. The smallest absolute Gasteiger partial charge is 0.339 e. The number of carbonyl (C=O) groups is 2. The lowest BCUT2D eigenvalue weighted by molar-refractivity contribution is 0.0693. The number of aromatic hydroxyl groups is 2. The molecule has 9 heteroatoms. The largest absolute Gasteiger partial charge is 0.503 e. The SMILES string of the molecule is COc1ccc(C=CC(=O)n2c(O)c(O)cc(Cl)c2=O)cc1C(=O)O. The van der Waals surface area contributed by atoms with Crippen molar-refractivity contribution in [3.8, 4) is 17.4 Å². The summed E-state index contributed by atoms with van der Waals surface area (Å²) in [7, 11) is 1.32. The summed E-state index contributed by atoms with van der Waals surface area (Å²) >= 11 is 5.58. The van der Waals surface area contributed by atoms with Crippen LogP contribution in [0.5, 0.6) is 17.4 Å². The molecule has 2 rings (SSSR count). The maximum Gasteiger partial charge on any atom is 0.339 e. The molecule has 0 atom stereocenters. The van der Waals surface area contributed by atoms with Crippen LogP contribution >= 0.6 is 11.6 Å². The van der Waals surface area contributed by atoms with Gasteiger partial charge in [-0.1, -0.05) is 17.7 Å². The summed E-state index contributed by atoms with van der Waals surface area (Å²) in [6, 6.07) is 4.98. The van der Waals surface area contributed by atoms with Crippen molar-refractivity contribution in [3.63, 3.8) is 0 Å². The normalized spacial score (nSPS) is 10.8. The summed E-state index contributed by atoms with van der Waals surface area (Å²) in [5, 5.41) is 27.8. The fourth-order valence-electron chi connectivity index (χ4n) is 2.01. The van der Waals surface area contributed by atoms with Gasteiger partial charge in [-0.3, -0.25) is 9.59 Å². The molecule has 0 amide bonds. The maximum atomic E-state index is 12.1. The van der Waals surface area contributed by atoms with E-state index in [4.69, 9.17) is 21.4 Å². The van der Waals surface area contributed by atoms with Crippen LogP contribution in [0.1, 0.15) is 20.7 Å². The third kappa shape index (κ3) is 3.64. The third-order valence-corrected chi connectivity index (χ3v) is 3.48. The van der Waals surface area contributed by atoms with Gasteiger partial charge in [0.1, 0.15) is 16.3 Å². The van der Waals surface area contributed by atoms with Crippen LogP contribution in [0.25, 0.3) is 6.08 Å². The van der Waals surface area contributed by atoms with Crippen molar-refractivity contribution in [2.45, 2.75) is 0 Å². The Bertz CT molecular complexity index is 946. The molecule has 0 aliphatic carbocycles. The lowest BCUT2D eigenvalue weighted by Gasteiger charge is -2.07. The molecule has 0 saturated carbocycles. The Balaban J connectivity index is 2.41. The molecule has 0 spiro atoms. The van der Waals surface area contributed by atoms with Gasteiger partial charge in [-0.15, -0.1) is 0 Å². The number of hydrogen-bond acceptors (Lipinski definition) is 6. The molecule has 0 aliphatic heterocycles. The first-order chi connectivity index (χ1) is 11.8. The lowest BCUT2D eigenvalue weighted by Crippen LogP contribution is -2.25. The van der Waals surface area contributed by atoms with Crippen molar-refractivity contribution >= 4 is 29.6 Å². The zero-order valence-corrected chi connectivity index (χ0v) is 13.5. The van der Waals surface area contributed by atoms with Crippen LogP contribution in [0, 0.1) is 0 Å². The number of aromatic nitrogens is 1. The molecular weight excluding hydrogens is 354 g/mol. The van der Waals surface area contributed by atoms with E-state index in [0.29, 0.717) is 5.56 Å². The monoisotopic (exact) mass is 365 g/mol. The van der Waals surface area contributed by atoms with Gasteiger partial charge in [0.2, 0.25) is 5.88 Å². The van der Waals surface area contributed by atoms with Crippen molar-refractivity contribution in [1.82, 2.24) is 4.57 Å². The fraction of sp³-hybridized carbons (Fsp3) is 0.0625. The average Bonchev–Trinajstić information content (AvgIpc) is 2.58. The maximum absolute atomic E-state index is 12.1. The van der Waals surface area contributed by atoms with E-state index >= 15 is 0 Å². The molecule has 1 aromatic carbocycles. The van der Waals surface area contributed by atoms with Crippen molar-refractivity contribution in [1.29, 1.82) is 0 Å². The summed E-state index contributed by atoms with van der Waals surface area (Å²) in [6.45, 7) is 0. The van der Waals surface area contributed by atoms with Gasteiger partial charge in [-0.2, -0.15) is 0 Å². The molecule has 3 N–H and O–H groups in total. The minimum absolute atomic E-state index is 0.113. The highest BCUT2D eigenvalue weighted by Gasteiger charge is 2.17. The molecule has 0 saturated heterocycles. The van der Waals surface area contributed by atoms with Crippen molar-refractivity contribution in [2.75, 3.05) is 7.11 Å². The summed E-state index contributed by atoms with van der Waals surface area (Å²) in [4.78, 5) is 35.1. The van der Waals surface area contributed by atoms with Crippen molar-refractivity contribution in [3.05, 3.63) is 56.8 Å². The molecule has 25 heavy (non-hydrogen) atoms. The third-order valence-electron chi connectivity index (χ3n) is 3.20. The Kier molecular flexibility index (Phi) is 5.14. The second-order valence-corrected chi connectivity index (χ2v) is 5.19. The quantitative estimate of drug-likeness (QED) is 0.707. The van der Waals surface area contributed by atoms with Crippen LogP contribution < -0.4 is 10.3 Å². The predicted molar refractivity (Wildman–Crippen MR) is 88.7 cm³/mol. The number of halogens is 1. The zero-order valence-electron chi connectivity index (χ0n) is 12.8. The van der Waals surface area contributed by atoms with Gasteiger partial charge in [0.15, 0.2) is 5.75 Å². The summed E-state index contributed by atoms with van der Waals surface area (Å²) in [5.74, 6) is -3.74. The summed E-state index contributed by atoms with van der Waals surface area (Å²) < 4.78 is 5.21. The summed E-state index contributed by atoms with van der Waals surface area (Å²) in [6.07, 6.45) is 2.16. The number of allylic oxidation sites excluding steroid dienone is 1. The summed E-state index contributed by atoms with van der Waals surface area (Å²) in [5.41, 5.74) is -0.782. The Labute approximate surface area is 145 Å². The molecule has 1 aromatic heterocycles.